The predicted molar refractivity (Wildman–Crippen MR) is 112 cm³/mol. The van der Waals surface area contributed by atoms with E-state index in [2.05, 4.69) is 20.8 Å². The van der Waals surface area contributed by atoms with E-state index in [1.54, 1.807) is 11.8 Å². The van der Waals surface area contributed by atoms with Crippen molar-refractivity contribution in [2.24, 2.45) is 7.05 Å². The van der Waals surface area contributed by atoms with E-state index < -0.39 is 0 Å². The van der Waals surface area contributed by atoms with Gasteiger partial charge in [0.05, 0.1) is 19.5 Å². The molecule has 0 atom stereocenters. The minimum Gasteiger partial charge on any atom is -0.494 e. The minimum atomic E-state index is -0.0982. The second kappa shape index (κ2) is 7.67. The van der Waals surface area contributed by atoms with E-state index in [1.807, 2.05) is 66.7 Å². The maximum atomic E-state index is 11.3. The quantitative estimate of drug-likeness (QED) is 0.528. The van der Waals surface area contributed by atoms with Gasteiger partial charge in [-0.15, -0.1) is 0 Å². The van der Waals surface area contributed by atoms with E-state index in [0.29, 0.717) is 6.54 Å². The zero-order chi connectivity index (χ0) is 20.4. The lowest BCUT2D eigenvalue weighted by Crippen LogP contribution is -2.06. The Morgan fingerprint density at radius 1 is 1.10 bits per heavy atom. The number of methoxy groups -OCH3 is 1. The van der Waals surface area contributed by atoms with Crippen molar-refractivity contribution < 1.29 is 9.53 Å². The Hall–Kier alpha value is -3.81. The molecule has 1 amide bonds. The first kappa shape index (κ1) is 18.5. The molecule has 29 heavy (non-hydrogen) atoms. The van der Waals surface area contributed by atoms with Crippen LogP contribution in [0.15, 0.2) is 55.1 Å². The highest BCUT2D eigenvalue weighted by molar-refractivity contribution is 5.89. The highest BCUT2D eigenvalue weighted by Crippen LogP contribution is 2.30. The van der Waals surface area contributed by atoms with Gasteiger partial charge in [0.1, 0.15) is 11.3 Å². The minimum absolute atomic E-state index is 0.0982. The third-order valence-electron chi connectivity index (χ3n) is 4.58. The van der Waals surface area contributed by atoms with Crippen LogP contribution in [0.2, 0.25) is 0 Å². The summed E-state index contributed by atoms with van der Waals surface area (Å²) in [5.74, 6) is 0.645. The molecule has 4 aromatic rings. The van der Waals surface area contributed by atoms with Crippen LogP contribution in [-0.2, 0) is 18.4 Å². The maximum absolute atomic E-state index is 11.3. The molecule has 0 radical (unpaired) electrons. The van der Waals surface area contributed by atoms with Crippen molar-refractivity contribution in [1.82, 2.24) is 19.4 Å². The summed E-state index contributed by atoms with van der Waals surface area (Å²) in [5, 5.41) is 14.9. The zero-order valence-corrected chi connectivity index (χ0v) is 16.5. The fourth-order valence-corrected chi connectivity index (χ4v) is 3.27. The monoisotopic (exact) mass is 390 g/mol. The van der Waals surface area contributed by atoms with E-state index in [0.717, 1.165) is 39.3 Å². The number of pyridine rings is 1. The highest BCUT2D eigenvalue weighted by atomic mass is 16.5. The number of carbonyl (C=O) groups is 1. The van der Waals surface area contributed by atoms with Crippen molar-refractivity contribution in [2.45, 2.75) is 13.5 Å². The molecule has 3 aromatic heterocycles. The number of anilines is 2. The number of aromatic nitrogens is 4. The molecule has 0 spiro atoms. The van der Waals surface area contributed by atoms with Gasteiger partial charge in [-0.1, -0.05) is 6.07 Å². The Kier molecular flexibility index (Phi) is 4.90. The van der Waals surface area contributed by atoms with Gasteiger partial charge >= 0.3 is 0 Å². The Bertz CT molecular complexity index is 1180. The number of fused-ring (bicyclic) bond motifs is 1. The van der Waals surface area contributed by atoms with Crippen molar-refractivity contribution >= 4 is 22.8 Å². The highest BCUT2D eigenvalue weighted by Gasteiger charge is 2.13. The Morgan fingerprint density at radius 3 is 2.66 bits per heavy atom. The lowest BCUT2D eigenvalue weighted by atomic mass is 10.1. The molecule has 148 valence electrons. The van der Waals surface area contributed by atoms with Gasteiger partial charge in [0.2, 0.25) is 5.91 Å². The molecule has 0 bridgehead atoms. The standard InChI is InChI=1S/C21H22N6O2/c1-14(28)25-19-6-4-5-18(8-19)22-9-16-10-24-27-13-15(7-20(29-3)21(16)27)17-11-23-26(2)12-17/h4-8,10-13,22H,9H2,1-3H3,(H,25,28). The molecule has 8 heteroatoms. The van der Waals surface area contributed by atoms with Crippen LogP contribution in [0.5, 0.6) is 5.75 Å². The fraction of sp³-hybridized carbons (Fsp3) is 0.190. The molecule has 0 unspecified atom stereocenters. The molecule has 0 saturated carbocycles. The summed E-state index contributed by atoms with van der Waals surface area (Å²) in [4.78, 5) is 11.3. The van der Waals surface area contributed by atoms with Crippen LogP contribution in [0.25, 0.3) is 16.6 Å². The first-order valence-corrected chi connectivity index (χ1v) is 9.18. The van der Waals surface area contributed by atoms with E-state index in [1.165, 1.54) is 6.92 Å². The van der Waals surface area contributed by atoms with Crippen LogP contribution >= 0.6 is 0 Å². The second-order valence-corrected chi connectivity index (χ2v) is 6.78. The van der Waals surface area contributed by atoms with Crippen molar-refractivity contribution in [3.8, 4) is 16.9 Å². The van der Waals surface area contributed by atoms with Gasteiger partial charge in [-0.05, 0) is 24.3 Å². The summed E-state index contributed by atoms with van der Waals surface area (Å²) in [7, 11) is 3.54. The van der Waals surface area contributed by atoms with Gasteiger partial charge in [-0.25, -0.2) is 4.52 Å². The molecular weight excluding hydrogens is 368 g/mol. The zero-order valence-electron chi connectivity index (χ0n) is 16.5. The van der Waals surface area contributed by atoms with Crippen LogP contribution in [0.4, 0.5) is 11.4 Å². The maximum Gasteiger partial charge on any atom is 0.221 e. The summed E-state index contributed by atoms with van der Waals surface area (Å²) in [5.41, 5.74) is 5.54. The molecule has 2 N–H and O–H groups in total. The van der Waals surface area contributed by atoms with Crippen molar-refractivity contribution in [3.05, 3.63) is 60.7 Å². The van der Waals surface area contributed by atoms with E-state index in [9.17, 15) is 4.79 Å². The molecule has 0 aliphatic rings. The summed E-state index contributed by atoms with van der Waals surface area (Å²) in [6.07, 6.45) is 7.56. The number of carbonyl (C=O) groups excluding carboxylic acids is 1. The molecule has 1 aromatic carbocycles. The number of aryl methyl sites for hydroxylation is 1. The van der Waals surface area contributed by atoms with Gasteiger partial charge in [-0.2, -0.15) is 10.2 Å². The van der Waals surface area contributed by atoms with Crippen LogP contribution in [-0.4, -0.2) is 32.4 Å². The van der Waals surface area contributed by atoms with Gasteiger partial charge in [0.25, 0.3) is 0 Å². The first-order chi connectivity index (χ1) is 14.0. The number of rotatable bonds is 6. The molecule has 0 fully saturated rings. The molecule has 0 saturated heterocycles. The van der Waals surface area contributed by atoms with E-state index in [4.69, 9.17) is 4.74 Å². The molecule has 8 nitrogen and oxygen atoms in total. The third kappa shape index (κ3) is 3.91. The van der Waals surface area contributed by atoms with Gasteiger partial charge in [0, 0.05) is 61.0 Å². The van der Waals surface area contributed by atoms with Crippen LogP contribution < -0.4 is 15.4 Å². The van der Waals surface area contributed by atoms with Gasteiger partial charge < -0.3 is 15.4 Å². The first-order valence-electron chi connectivity index (χ1n) is 9.18. The van der Waals surface area contributed by atoms with Crippen molar-refractivity contribution in [3.63, 3.8) is 0 Å². The average Bonchev–Trinajstić information content (AvgIpc) is 3.31. The van der Waals surface area contributed by atoms with Gasteiger partial charge in [0.15, 0.2) is 0 Å². The van der Waals surface area contributed by atoms with Crippen LogP contribution in [0.1, 0.15) is 12.5 Å². The number of nitrogens with one attached hydrogen (secondary N) is 2. The third-order valence-corrected chi connectivity index (χ3v) is 4.58. The Labute approximate surface area is 168 Å². The number of ether oxygens (including phenoxy) is 1. The molecule has 0 aliphatic carbocycles. The molecule has 0 aliphatic heterocycles. The van der Waals surface area contributed by atoms with E-state index in [-0.39, 0.29) is 5.91 Å². The molecule has 3 heterocycles. The predicted octanol–water partition coefficient (Wildman–Crippen LogP) is 3.31. The summed E-state index contributed by atoms with van der Waals surface area (Å²) >= 11 is 0. The SMILES string of the molecule is COc1cc(-c2cnn(C)c2)cn2ncc(CNc3cccc(NC(C)=O)c3)c12. The largest absolute Gasteiger partial charge is 0.494 e. The van der Waals surface area contributed by atoms with Crippen molar-refractivity contribution in [2.75, 3.05) is 17.7 Å². The summed E-state index contributed by atoms with van der Waals surface area (Å²) in [6.45, 7) is 2.06. The number of benzene rings is 1. The topological polar surface area (TPSA) is 85.5 Å². The fourth-order valence-electron chi connectivity index (χ4n) is 3.27. The number of hydrogen-bond donors (Lipinski definition) is 2. The van der Waals surface area contributed by atoms with Crippen molar-refractivity contribution in [1.29, 1.82) is 0 Å². The summed E-state index contributed by atoms with van der Waals surface area (Å²) < 4.78 is 9.24. The number of nitrogens with zero attached hydrogens (tertiary/aromatic N) is 4. The lowest BCUT2D eigenvalue weighted by molar-refractivity contribution is -0.114. The normalized spacial score (nSPS) is 10.9. The van der Waals surface area contributed by atoms with Crippen LogP contribution in [0.3, 0.4) is 0 Å². The number of hydrogen-bond acceptors (Lipinski definition) is 5. The molecular formula is C21H22N6O2. The Balaban J connectivity index is 1.61. The van der Waals surface area contributed by atoms with Gasteiger partial charge in [-0.3, -0.25) is 9.48 Å². The second-order valence-electron chi connectivity index (χ2n) is 6.78. The summed E-state index contributed by atoms with van der Waals surface area (Å²) in [6, 6.07) is 9.59. The van der Waals surface area contributed by atoms with E-state index >= 15 is 0 Å². The smallest absolute Gasteiger partial charge is 0.221 e. The lowest BCUT2D eigenvalue weighted by Gasteiger charge is -2.10. The average molecular weight is 390 g/mol. The number of amides is 1. The molecule has 4 rings (SSSR count). The Morgan fingerprint density at radius 2 is 1.93 bits per heavy atom. The van der Waals surface area contributed by atoms with Crippen LogP contribution in [0, 0.1) is 0 Å².